The molecule has 116 valence electrons. The number of carbonyl (C=O) groups excluding carboxylic acids is 1. The minimum atomic E-state index is -0.789. The summed E-state index contributed by atoms with van der Waals surface area (Å²) in [6, 6.07) is -0.151. The average molecular weight is 285 g/mol. The van der Waals surface area contributed by atoms with Crippen LogP contribution in [0.4, 0.5) is 4.79 Å². The molecule has 1 aliphatic heterocycles. The molecule has 6 nitrogen and oxygen atoms in total. The minimum absolute atomic E-state index is 0.151. The Kier molecular flexibility index (Phi) is 7.36. The highest BCUT2D eigenvalue weighted by Gasteiger charge is 2.21. The lowest BCUT2D eigenvalue weighted by Crippen LogP contribution is -2.40. The number of likely N-dealkylation sites (tertiary alicyclic amines) is 1. The van der Waals surface area contributed by atoms with Gasteiger partial charge in [-0.25, -0.2) is 4.79 Å². The van der Waals surface area contributed by atoms with Crippen LogP contribution in [0.5, 0.6) is 0 Å². The fourth-order valence-electron chi connectivity index (χ4n) is 2.41. The quantitative estimate of drug-likeness (QED) is 0.624. The first-order valence-electron chi connectivity index (χ1n) is 7.47. The highest BCUT2D eigenvalue weighted by atomic mass is 16.4. The lowest BCUT2D eigenvalue weighted by Gasteiger charge is -2.15. The number of amides is 2. The SMILES string of the molecule is CCN1CCC(CNC(=O)NCC(C)CCC(=O)O)C1. The molecule has 0 saturated carbocycles. The van der Waals surface area contributed by atoms with Gasteiger partial charge in [0.05, 0.1) is 0 Å². The number of carboxylic acids is 1. The Balaban J connectivity index is 2.07. The second-order valence-corrected chi connectivity index (χ2v) is 5.68. The Morgan fingerprint density at radius 2 is 2.15 bits per heavy atom. The van der Waals surface area contributed by atoms with Crippen LogP contribution in [0.15, 0.2) is 0 Å². The smallest absolute Gasteiger partial charge is 0.314 e. The van der Waals surface area contributed by atoms with Gasteiger partial charge in [-0.15, -0.1) is 0 Å². The number of hydrogen-bond donors (Lipinski definition) is 3. The fraction of sp³-hybridized carbons (Fsp3) is 0.857. The average Bonchev–Trinajstić information content (AvgIpc) is 2.88. The second-order valence-electron chi connectivity index (χ2n) is 5.68. The van der Waals surface area contributed by atoms with Crippen molar-refractivity contribution in [2.75, 3.05) is 32.7 Å². The van der Waals surface area contributed by atoms with E-state index in [1.165, 1.54) is 0 Å². The summed E-state index contributed by atoms with van der Waals surface area (Å²) in [6.45, 7) is 8.59. The summed E-state index contributed by atoms with van der Waals surface area (Å²) < 4.78 is 0. The van der Waals surface area contributed by atoms with E-state index in [2.05, 4.69) is 22.5 Å². The summed E-state index contributed by atoms with van der Waals surface area (Å²) in [6.07, 6.45) is 1.88. The molecule has 1 rings (SSSR count). The standard InChI is InChI=1S/C14H27N3O3/c1-3-17-7-6-12(10-17)9-16-14(20)15-8-11(2)4-5-13(18)19/h11-12H,3-10H2,1-2H3,(H,18,19)(H2,15,16,20). The van der Waals surface area contributed by atoms with Crippen molar-refractivity contribution in [1.29, 1.82) is 0 Å². The van der Waals surface area contributed by atoms with Crippen LogP contribution < -0.4 is 10.6 Å². The van der Waals surface area contributed by atoms with Crippen molar-refractivity contribution in [2.45, 2.75) is 33.1 Å². The number of rotatable bonds is 8. The Labute approximate surface area is 120 Å². The van der Waals surface area contributed by atoms with E-state index >= 15 is 0 Å². The molecule has 6 heteroatoms. The molecule has 3 N–H and O–H groups in total. The van der Waals surface area contributed by atoms with Gasteiger partial charge in [0.2, 0.25) is 0 Å². The predicted octanol–water partition coefficient (Wildman–Crippen LogP) is 1.13. The number of aliphatic carboxylic acids is 1. The molecule has 0 aromatic carbocycles. The van der Waals surface area contributed by atoms with Gasteiger partial charge in [-0.3, -0.25) is 4.79 Å². The molecule has 0 spiro atoms. The maximum Gasteiger partial charge on any atom is 0.314 e. The predicted molar refractivity (Wildman–Crippen MR) is 77.7 cm³/mol. The summed E-state index contributed by atoms with van der Waals surface area (Å²) in [4.78, 5) is 24.5. The molecule has 0 radical (unpaired) electrons. The molecule has 0 bridgehead atoms. The maximum absolute atomic E-state index is 11.6. The highest BCUT2D eigenvalue weighted by Crippen LogP contribution is 2.14. The molecule has 2 amide bonds. The molecular weight excluding hydrogens is 258 g/mol. The van der Waals surface area contributed by atoms with Crippen molar-refractivity contribution >= 4 is 12.0 Å². The molecule has 20 heavy (non-hydrogen) atoms. The molecule has 1 fully saturated rings. The van der Waals surface area contributed by atoms with E-state index in [0.29, 0.717) is 25.4 Å². The zero-order valence-corrected chi connectivity index (χ0v) is 12.5. The first-order valence-corrected chi connectivity index (χ1v) is 7.47. The van der Waals surface area contributed by atoms with E-state index in [1.807, 2.05) is 6.92 Å². The van der Waals surface area contributed by atoms with E-state index in [4.69, 9.17) is 5.11 Å². The maximum atomic E-state index is 11.6. The van der Waals surface area contributed by atoms with Crippen LogP contribution in [-0.4, -0.2) is 54.7 Å². The number of carbonyl (C=O) groups is 2. The van der Waals surface area contributed by atoms with Gasteiger partial charge < -0.3 is 20.6 Å². The summed E-state index contributed by atoms with van der Waals surface area (Å²) in [5, 5.41) is 14.3. The van der Waals surface area contributed by atoms with E-state index in [1.54, 1.807) is 0 Å². The third-order valence-corrected chi connectivity index (χ3v) is 3.83. The van der Waals surface area contributed by atoms with Crippen LogP contribution in [0.1, 0.15) is 33.1 Å². The Hall–Kier alpha value is -1.30. The molecule has 2 unspecified atom stereocenters. The van der Waals surface area contributed by atoms with E-state index in [9.17, 15) is 9.59 Å². The first-order chi connectivity index (χ1) is 9.51. The molecule has 2 atom stereocenters. The first kappa shape index (κ1) is 16.8. The molecule has 0 aromatic heterocycles. The lowest BCUT2D eigenvalue weighted by molar-refractivity contribution is -0.137. The van der Waals surface area contributed by atoms with Crippen molar-refractivity contribution in [1.82, 2.24) is 15.5 Å². The van der Waals surface area contributed by atoms with Crippen molar-refractivity contribution < 1.29 is 14.7 Å². The molecule has 1 aliphatic rings. The van der Waals surface area contributed by atoms with Gasteiger partial charge in [-0.1, -0.05) is 13.8 Å². The lowest BCUT2D eigenvalue weighted by atomic mass is 10.1. The van der Waals surface area contributed by atoms with Crippen LogP contribution in [0.2, 0.25) is 0 Å². The molecule has 1 heterocycles. The summed E-state index contributed by atoms with van der Waals surface area (Å²) in [7, 11) is 0. The summed E-state index contributed by atoms with van der Waals surface area (Å²) in [5.41, 5.74) is 0. The van der Waals surface area contributed by atoms with Gasteiger partial charge in [-0.05, 0) is 37.8 Å². The van der Waals surface area contributed by atoms with Crippen LogP contribution in [0.3, 0.4) is 0 Å². The molecule has 1 saturated heterocycles. The Morgan fingerprint density at radius 3 is 2.75 bits per heavy atom. The third-order valence-electron chi connectivity index (χ3n) is 3.83. The van der Waals surface area contributed by atoms with Gasteiger partial charge in [0.25, 0.3) is 0 Å². The number of carboxylic acid groups (broad SMARTS) is 1. The molecule has 0 aliphatic carbocycles. The van der Waals surface area contributed by atoms with E-state index in [0.717, 1.165) is 26.1 Å². The van der Waals surface area contributed by atoms with Crippen LogP contribution >= 0.6 is 0 Å². The number of hydrogen-bond acceptors (Lipinski definition) is 3. The topological polar surface area (TPSA) is 81.7 Å². The van der Waals surface area contributed by atoms with Crippen LogP contribution in [0.25, 0.3) is 0 Å². The van der Waals surface area contributed by atoms with Gasteiger partial charge >= 0.3 is 12.0 Å². The van der Waals surface area contributed by atoms with E-state index in [-0.39, 0.29) is 18.4 Å². The highest BCUT2D eigenvalue weighted by molar-refractivity contribution is 5.73. The minimum Gasteiger partial charge on any atom is -0.481 e. The second kappa shape index (κ2) is 8.79. The summed E-state index contributed by atoms with van der Waals surface area (Å²) in [5.74, 6) is -0.0629. The van der Waals surface area contributed by atoms with Crippen molar-refractivity contribution in [2.24, 2.45) is 11.8 Å². The van der Waals surface area contributed by atoms with Crippen LogP contribution in [0, 0.1) is 11.8 Å². The van der Waals surface area contributed by atoms with Crippen molar-refractivity contribution in [3.05, 3.63) is 0 Å². The Bertz CT molecular complexity index is 323. The van der Waals surface area contributed by atoms with Gasteiger partial charge in [0.1, 0.15) is 0 Å². The normalized spacial score (nSPS) is 20.6. The van der Waals surface area contributed by atoms with Gasteiger partial charge in [-0.2, -0.15) is 0 Å². The van der Waals surface area contributed by atoms with Crippen molar-refractivity contribution in [3.63, 3.8) is 0 Å². The largest absolute Gasteiger partial charge is 0.481 e. The molecular formula is C14H27N3O3. The van der Waals surface area contributed by atoms with E-state index < -0.39 is 5.97 Å². The van der Waals surface area contributed by atoms with Crippen LogP contribution in [-0.2, 0) is 4.79 Å². The Morgan fingerprint density at radius 1 is 1.40 bits per heavy atom. The summed E-state index contributed by atoms with van der Waals surface area (Å²) >= 11 is 0. The number of nitrogens with one attached hydrogen (secondary N) is 2. The zero-order valence-electron chi connectivity index (χ0n) is 12.5. The van der Waals surface area contributed by atoms with Gasteiger partial charge in [0, 0.05) is 26.1 Å². The number of nitrogens with zero attached hydrogens (tertiary/aromatic N) is 1. The van der Waals surface area contributed by atoms with Gasteiger partial charge in [0.15, 0.2) is 0 Å². The fourth-order valence-corrected chi connectivity index (χ4v) is 2.41. The third kappa shape index (κ3) is 6.75. The zero-order chi connectivity index (χ0) is 15.0. The monoisotopic (exact) mass is 285 g/mol. The van der Waals surface area contributed by atoms with Crippen molar-refractivity contribution in [3.8, 4) is 0 Å². The number of urea groups is 1. The molecule has 0 aromatic rings.